The monoisotopic (exact) mass is 460 g/mol. The minimum Gasteiger partial charge on any atom is -0.489 e. The van der Waals surface area contributed by atoms with Crippen LogP contribution in [0, 0.1) is 20.8 Å². The van der Waals surface area contributed by atoms with E-state index in [9.17, 15) is 4.79 Å². The first kappa shape index (κ1) is 23.5. The van der Waals surface area contributed by atoms with Gasteiger partial charge in [0, 0.05) is 5.70 Å². The first-order valence-electron chi connectivity index (χ1n) is 11.7. The number of nitrogens with zero attached hydrogens (tertiary/aromatic N) is 3. The average molecular weight is 461 g/mol. The van der Waals surface area contributed by atoms with E-state index in [1.165, 1.54) is 28.6 Å². The van der Waals surface area contributed by atoms with Gasteiger partial charge in [-0.15, -0.1) is 0 Å². The molecule has 1 atom stereocenters. The van der Waals surface area contributed by atoms with E-state index in [0.29, 0.717) is 24.7 Å². The number of aryl methyl sites for hydroxylation is 3. The van der Waals surface area contributed by atoms with E-state index in [0.717, 1.165) is 29.9 Å². The van der Waals surface area contributed by atoms with E-state index in [-0.39, 0.29) is 5.97 Å². The second kappa shape index (κ2) is 10.1. The molecule has 1 aromatic heterocycles. The van der Waals surface area contributed by atoms with Crippen LogP contribution in [0.15, 0.2) is 54.0 Å². The van der Waals surface area contributed by atoms with Gasteiger partial charge >= 0.3 is 5.97 Å². The summed E-state index contributed by atoms with van der Waals surface area (Å²) in [6, 6.07) is 11.8. The van der Waals surface area contributed by atoms with Crippen molar-refractivity contribution in [3.05, 3.63) is 81.8 Å². The molecule has 0 saturated carbocycles. The second-order valence-electron chi connectivity index (χ2n) is 8.80. The Morgan fingerprint density at radius 2 is 1.79 bits per heavy atom. The lowest BCUT2D eigenvalue weighted by Gasteiger charge is -2.28. The summed E-state index contributed by atoms with van der Waals surface area (Å²) in [4.78, 5) is 17.3. The summed E-state index contributed by atoms with van der Waals surface area (Å²) in [6.45, 7) is 11.2. The molecule has 1 N–H and O–H groups in total. The number of hydrogen-bond acceptors (Lipinski definition) is 6. The second-order valence-corrected chi connectivity index (χ2v) is 8.80. The number of aromatic nitrogens is 3. The fraction of sp³-hybridized carbons (Fsp3) is 0.370. The van der Waals surface area contributed by atoms with Crippen LogP contribution in [-0.4, -0.2) is 27.3 Å². The highest BCUT2D eigenvalue weighted by Crippen LogP contribution is 2.36. The molecule has 0 aliphatic carbocycles. The van der Waals surface area contributed by atoms with Crippen molar-refractivity contribution < 1.29 is 14.3 Å². The van der Waals surface area contributed by atoms with Crippen molar-refractivity contribution in [1.82, 2.24) is 14.8 Å². The van der Waals surface area contributed by atoms with Gasteiger partial charge in [0.25, 0.3) is 0 Å². The average Bonchev–Trinajstić information content (AvgIpc) is 3.28. The normalized spacial score (nSPS) is 15.0. The lowest BCUT2D eigenvalue weighted by atomic mass is 9.95. The van der Waals surface area contributed by atoms with Crippen molar-refractivity contribution in [2.24, 2.45) is 0 Å². The molecular weight excluding hydrogens is 428 g/mol. The van der Waals surface area contributed by atoms with Crippen LogP contribution in [0.2, 0.25) is 0 Å². The molecule has 2 aromatic carbocycles. The van der Waals surface area contributed by atoms with Crippen LogP contribution in [0.5, 0.6) is 5.75 Å². The highest BCUT2D eigenvalue weighted by Gasteiger charge is 2.34. The maximum absolute atomic E-state index is 13.0. The van der Waals surface area contributed by atoms with Gasteiger partial charge in [0.2, 0.25) is 5.95 Å². The van der Waals surface area contributed by atoms with E-state index < -0.39 is 6.04 Å². The molecule has 1 aliphatic heterocycles. The zero-order valence-corrected chi connectivity index (χ0v) is 20.5. The number of ether oxygens (including phenoxy) is 2. The van der Waals surface area contributed by atoms with Crippen molar-refractivity contribution in [3.63, 3.8) is 0 Å². The van der Waals surface area contributed by atoms with Crippen LogP contribution in [0.3, 0.4) is 0 Å². The quantitative estimate of drug-likeness (QED) is 0.357. The maximum Gasteiger partial charge on any atom is 0.338 e. The van der Waals surface area contributed by atoms with Crippen molar-refractivity contribution in [2.75, 3.05) is 11.9 Å². The third-order valence-corrected chi connectivity index (χ3v) is 6.29. The topological polar surface area (TPSA) is 78.3 Å². The van der Waals surface area contributed by atoms with Crippen LogP contribution in [0.25, 0.3) is 0 Å². The summed E-state index contributed by atoms with van der Waals surface area (Å²) in [5.74, 6) is 1.02. The Morgan fingerprint density at radius 3 is 2.53 bits per heavy atom. The molecule has 0 bridgehead atoms. The number of esters is 1. The van der Waals surface area contributed by atoms with Gasteiger partial charge in [-0.1, -0.05) is 37.6 Å². The molecule has 0 amide bonds. The standard InChI is InChI=1S/C27H32N4O3/c1-6-7-12-33-26(32)24-20(5)30-27-28-16-29-31(27)25(24)21-8-10-23(11-9-21)34-15-22-14-18(3)17(2)13-19(22)4/h8-11,13-14,16,25H,6-7,12,15H2,1-5H3,(H,28,29,30). The van der Waals surface area contributed by atoms with Gasteiger partial charge < -0.3 is 14.8 Å². The Morgan fingerprint density at radius 1 is 1.06 bits per heavy atom. The molecule has 178 valence electrons. The maximum atomic E-state index is 13.0. The molecule has 7 heteroatoms. The first-order valence-corrected chi connectivity index (χ1v) is 11.7. The molecule has 2 heterocycles. The summed E-state index contributed by atoms with van der Waals surface area (Å²) in [5.41, 5.74) is 7.10. The zero-order valence-electron chi connectivity index (χ0n) is 20.5. The van der Waals surface area contributed by atoms with Gasteiger partial charge in [0.05, 0.1) is 12.2 Å². The van der Waals surface area contributed by atoms with Crippen molar-refractivity contribution >= 4 is 11.9 Å². The Labute approximate surface area is 200 Å². The summed E-state index contributed by atoms with van der Waals surface area (Å²) >= 11 is 0. The highest BCUT2D eigenvalue weighted by molar-refractivity contribution is 5.92. The molecule has 4 rings (SSSR count). The Kier molecular flexibility index (Phi) is 7.01. The van der Waals surface area contributed by atoms with Gasteiger partial charge in [0.15, 0.2) is 0 Å². The molecule has 0 fully saturated rings. The number of hydrogen-bond donors (Lipinski definition) is 1. The molecular formula is C27H32N4O3. The van der Waals surface area contributed by atoms with E-state index in [1.807, 2.05) is 31.2 Å². The van der Waals surface area contributed by atoms with Gasteiger partial charge in [-0.3, -0.25) is 0 Å². The van der Waals surface area contributed by atoms with Crippen molar-refractivity contribution in [3.8, 4) is 5.75 Å². The van der Waals surface area contributed by atoms with Crippen LogP contribution in [-0.2, 0) is 16.1 Å². The first-order chi connectivity index (χ1) is 16.4. The number of benzene rings is 2. The smallest absolute Gasteiger partial charge is 0.338 e. The molecule has 34 heavy (non-hydrogen) atoms. The van der Waals surface area contributed by atoms with Crippen LogP contribution < -0.4 is 10.1 Å². The number of carbonyl (C=O) groups excluding carboxylic acids is 1. The number of anilines is 1. The molecule has 1 unspecified atom stereocenters. The summed E-state index contributed by atoms with van der Waals surface area (Å²) in [6.07, 6.45) is 3.28. The van der Waals surface area contributed by atoms with Gasteiger partial charge in [-0.2, -0.15) is 10.1 Å². The zero-order chi connectivity index (χ0) is 24.2. The minimum absolute atomic E-state index is 0.338. The summed E-state index contributed by atoms with van der Waals surface area (Å²) < 4.78 is 13.3. The lowest BCUT2D eigenvalue weighted by molar-refractivity contribution is -0.139. The lowest BCUT2D eigenvalue weighted by Crippen LogP contribution is -2.29. The Hall–Kier alpha value is -3.61. The number of rotatable bonds is 8. The molecule has 0 spiro atoms. The molecule has 7 nitrogen and oxygen atoms in total. The third kappa shape index (κ3) is 4.83. The van der Waals surface area contributed by atoms with Crippen molar-refractivity contribution in [2.45, 2.75) is 60.1 Å². The predicted octanol–water partition coefficient (Wildman–Crippen LogP) is 5.41. The minimum atomic E-state index is -0.427. The molecule has 3 aromatic rings. The fourth-order valence-corrected chi connectivity index (χ4v) is 4.13. The SMILES string of the molecule is CCCCOC(=O)C1=C(C)Nc2ncnn2C1c1ccc(OCc2cc(C)c(C)cc2C)cc1. The van der Waals surface area contributed by atoms with Gasteiger partial charge in [-0.05, 0) is 74.1 Å². The molecule has 0 radical (unpaired) electrons. The number of fused-ring (bicyclic) bond motifs is 1. The largest absolute Gasteiger partial charge is 0.489 e. The highest BCUT2D eigenvalue weighted by atomic mass is 16.5. The number of carbonyl (C=O) groups is 1. The summed E-state index contributed by atoms with van der Waals surface area (Å²) in [7, 11) is 0. The van der Waals surface area contributed by atoms with Gasteiger partial charge in [-0.25, -0.2) is 9.48 Å². The van der Waals surface area contributed by atoms with Crippen LogP contribution >= 0.6 is 0 Å². The van der Waals surface area contributed by atoms with Crippen molar-refractivity contribution in [1.29, 1.82) is 0 Å². The molecule has 1 aliphatic rings. The fourth-order valence-electron chi connectivity index (χ4n) is 4.13. The van der Waals surface area contributed by atoms with E-state index in [1.54, 1.807) is 4.68 Å². The Balaban J connectivity index is 1.56. The van der Waals surface area contributed by atoms with Gasteiger partial charge in [0.1, 0.15) is 24.7 Å². The summed E-state index contributed by atoms with van der Waals surface area (Å²) in [5, 5.41) is 7.54. The number of unbranched alkanes of at least 4 members (excludes halogenated alkanes) is 1. The molecule has 0 saturated heterocycles. The van der Waals surface area contributed by atoms with Crippen LogP contribution in [0.4, 0.5) is 5.95 Å². The van der Waals surface area contributed by atoms with E-state index in [2.05, 4.69) is 55.2 Å². The van der Waals surface area contributed by atoms with E-state index >= 15 is 0 Å². The third-order valence-electron chi connectivity index (χ3n) is 6.29. The Bertz CT molecular complexity index is 1210. The number of nitrogens with one attached hydrogen (secondary N) is 1. The van der Waals surface area contributed by atoms with E-state index in [4.69, 9.17) is 9.47 Å². The van der Waals surface area contributed by atoms with Crippen LogP contribution in [0.1, 0.15) is 60.5 Å². The predicted molar refractivity (Wildman–Crippen MR) is 132 cm³/mol. The number of allylic oxidation sites excluding steroid dienone is 1.